The van der Waals surface area contributed by atoms with Crippen LogP contribution in [0, 0.1) is 0 Å². The van der Waals surface area contributed by atoms with Gasteiger partial charge in [0.15, 0.2) is 0 Å². The Morgan fingerprint density at radius 1 is 1.80 bits per heavy atom. The van der Waals surface area contributed by atoms with Crippen LogP contribution in [0.4, 0.5) is 0 Å². The van der Waals surface area contributed by atoms with Crippen LogP contribution in [-0.4, -0.2) is 23.3 Å². The van der Waals surface area contributed by atoms with Crippen LogP contribution in [0.25, 0.3) is 0 Å². The smallest absolute Gasteiger partial charge is 0.253 e. The predicted molar refractivity (Wildman–Crippen MR) is 36.2 cm³/mol. The Morgan fingerprint density at radius 2 is 2.50 bits per heavy atom. The second kappa shape index (κ2) is 2.64. The van der Waals surface area contributed by atoms with Crippen molar-refractivity contribution in [3.05, 3.63) is 12.2 Å². The lowest BCUT2D eigenvalue weighted by molar-refractivity contribution is -0.140. The molecule has 1 heterocycles. The van der Waals surface area contributed by atoms with E-state index >= 15 is 0 Å². The number of hydrogen-bond donors (Lipinski definition) is 0. The average Bonchev–Trinajstić information content (AvgIpc) is 2.34. The molecule has 0 saturated heterocycles. The highest BCUT2D eigenvalue weighted by atomic mass is 16.2. The summed E-state index contributed by atoms with van der Waals surface area (Å²) in [7, 11) is 0. The number of hydrogen-bond acceptors (Lipinski definition) is 2. The quantitative estimate of drug-likeness (QED) is 0.524. The van der Waals surface area contributed by atoms with Crippen molar-refractivity contribution in [3.63, 3.8) is 0 Å². The highest BCUT2D eigenvalue weighted by molar-refractivity contribution is 6.02. The van der Waals surface area contributed by atoms with E-state index in [0.717, 1.165) is 0 Å². The number of rotatable bonds is 1. The minimum atomic E-state index is -0.188. The van der Waals surface area contributed by atoms with Crippen molar-refractivity contribution in [2.24, 2.45) is 0 Å². The molecule has 2 amide bonds. The van der Waals surface area contributed by atoms with Crippen LogP contribution >= 0.6 is 0 Å². The van der Waals surface area contributed by atoms with E-state index in [1.165, 1.54) is 11.0 Å². The summed E-state index contributed by atoms with van der Waals surface area (Å²) < 4.78 is 0. The molecule has 3 nitrogen and oxygen atoms in total. The van der Waals surface area contributed by atoms with Crippen LogP contribution < -0.4 is 0 Å². The van der Waals surface area contributed by atoms with Crippen molar-refractivity contribution >= 4 is 11.8 Å². The molecule has 3 heteroatoms. The Kier molecular flexibility index (Phi) is 1.85. The Bertz CT molecular complexity index is 196. The summed E-state index contributed by atoms with van der Waals surface area (Å²) in [5.74, 6) is -0.290. The fourth-order valence-electron chi connectivity index (χ4n) is 0.854. The summed E-state index contributed by atoms with van der Waals surface area (Å²) in [5, 5.41) is 0. The van der Waals surface area contributed by atoms with Crippen LogP contribution in [-0.2, 0) is 9.59 Å². The molecule has 54 valence electrons. The molecule has 0 saturated carbocycles. The lowest BCUT2D eigenvalue weighted by Crippen LogP contribution is -2.31. The van der Waals surface area contributed by atoms with E-state index in [1.807, 2.05) is 0 Å². The number of carbonyl (C=O) groups is 2. The van der Waals surface area contributed by atoms with E-state index in [1.54, 1.807) is 13.0 Å². The van der Waals surface area contributed by atoms with E-state index in [0.29, 0.717) is 13.0 Å². The molecule has 0 spiro atoms. The molecule has 0 N–H and O–H groups in total. The van der Waals surface area contributed by atoms with Gasteiger partial charge in [0.1, 0.15) is 0 Å². The van der Waals surface area contributed by atoms with Crippen molar-refractivity contribution in [2.75, 3.05) is 6.54 Å². The fourth-order valence-corrected chi connectivity index (χ4v) is 0.854. The highest BCUT2D eigenvalue weighted by Crippen LogP contribution is 2.02. The standard InChI is InChI=1S/C7H9NO2/c1-2-6(9)8-5-3-4-7(8)10/h3-4H,2,5H2,1H3. The molecule has 1 aliphatic heterocycles. The van der Waals surface area contributed by atoms with Gasteiger partial charge >= 0.3 is 0 Å². The topological polar surface area (TPSA) is 37.4 Å². The third-order valence-corrected chi connectivity index (χ3v) is 1.42. The molecule has 0 aromatic carbocycles. The van der Waals surface area contributed by atoms with Gasteiger partial charge in [0, 0.05) is 19.0 Å². The number of carbonyl (C=O) groups excluding carboxylic acids is 2. The summed E-state index contributed by atoms with van der Waals surface area (Å²) in [5.41, 5.74) is 0. The molecule has 0 radical (unpaired) electrons. The maximum Gasteiger partial charge on any atom is 0.253 e. The molecular weight excluding hydrogens is 130 g/mol. The monoisotopic (exact) mass is 139 g/mol. The normalized spacial score (nSPS) is 16.5. The summed E-state index contributed by atoms with van der Waals surface area (Å²) in [6.07, 6.45) is 3.51. The Hall–Kier alpha value is -1.12. The Labute approximate surface area is 59.3 Å². The number of imide groups is 1. The van der Waals surface area contributed by atoms with Crippen LogP contribution in [0.15, 0.2) is 12.2 Å². The van der Waals surface area contributed by atoms with E-state index in [2.05, 4.69) is 0 Å². The molecule has 0 aliphatic carbocycles. The minimum absolute atomic E-state index is 0.102. The zero-order valence-corrected chi connectivity index (χ0v) is 5.83. The van der Waals surface area contributed by atoms with Gasteiger partial charge in [-0.15, -0.1) is 0 Å². The van der Waals surface area contributed by atoms with Crippen LogP contribution in [0.3, 0.4) is 0 Å². The van der Waals surface area contributed by atoms with E-state index in [4.69, 9.17) is 0 Å². The lowest BCUT2D eigenvalue weighted by Gasteiger charge is -2.10. The molecule has 0 aromatic heterocycles. The second-order valence-electron chi connectivity index (χ2n) is 2.10. The van der Waals surface area contributed by atoms with Crippen LogP contribution in [0.2, 0.25) is 0 Å². The SMILES string of the molecule is CCC(=O)N1CC=CC1=O. The van der Waals surface area contributed by atoms with Gasteiger partial charge in [-0.1, -0.05) is 13.0 Å². The van der Waals surface area contributed by atoms with Crippen LogP contribution in [0.1, 0.15) is 13.3 Å². The van der Waals surface area contributed by atoms with Gasteiger partial charge in [-0.05, 0) is 0 Å². The highest BCUT2D eigenvalue weighted by Gasteiger charge is 2.19. The van der Waals surface area contributed by atoms with Crippen molar-refractivity contribution in [1.29, 1.82) is 0 Å². The van der Waals surface area contributed by atoms with Crippen molar-refractivity contribution in [2.45, 2.75) is 13.3 Å². The summed E-state index contributed by atoms with van der Waals surface area (Å²) in [6, 6.07) is 0. The van der Waals surface area contributed by atoms with Gasteiger partial charge < -0.3 is 0 Å². The van der Waals surface area contributed by atoms with E-state index in [9.17, 15) is 9.59 Å². The first-order valence-electron chi connectivity index (χ1n) is 3.26. The fraction of sp³-hybridized carbons (Fsp3) is 0.429. The zero-order valence-electron chi connectivity index (χ0n) is 5.83. The maximum atomic E-state index is 10.9. The van der Waals surface area contributed by atoms with Crippen LogP contribution in [0.5, 0.6) is 0 Å². The third-order valence-electron chi connectivity index (χ3n) is 1.42. The molecule has 10 heavy (non-hydrogen) atoms. The van der Waals surface area contributed by atoms with Crippen molar-refractivity contribution < 1.29 is 9.59 Å². The van der Waals surface area contributed by atoms with Gasteiger partial charge in [0.25, 0.3) is 5.91 Å². The molecule has 0 fully saturated rings. The van der Waals surface area contributed by atoms with Gasteiger partial charge in [-0.25, -0.2) is 0 Å². The Morgan fingerprint density at radius 3 is 2.90 bits per heavy atom. The molecule has 1 rings (SSSR count). The summed E-state index contributed by atoms with van der Waals surface area (Å²) in [6.45, 7) is 2.19. The molecule has 0 atom stereocenters. The molecule has 0 bridgehead atoms. The molecule has 0 aromatic rings. The summed E-state index contributed by atoms with van der Waals surface area (Å²) in [4.78, 5) is 22.9. The maximum absolute atomic E-state index is 10.9. The van der Waals surface area contributed by atoms with Gasteiger partial charge in [-0.3, -0.25) is 14.5 Å². The van der Waals surface area contributed by atoms with Crippen molar-refractivity contribution in [3.8, 4) is 0 Å². The number of amides is 2. The second-order valence-corrected chi connectivity index (χ2v) is 2.10. The van der Waals surface area contributed by atoms with Gasteiger partial charge in [0.2, 0.25) is 5.91 Å². The first-order chi connectivity index (χ1) is 4.75. The minimum Gasteiger partial charge on any atom is -0.275 e. The summed E-state index contributed by atoms with van der Waals surface area (Å²) >= 11 is 0. The largest absolute Gasteiger partial charge is 0.275 e. The van der Waals surface area contributed by atoms with Crippen molar-refractivity contribution in [1.82, 2.24) is 4.90 Å². The average molecular weight is 139 g/mol. The molecular formula is C7H9NO2. The van der Waals surface area contributed by atoms with E-state index in [-0.39, 0.29) is 11.8 Å². The third kappa shape index (κ3) is 1.07. The Balaban J connectivity index is 2.59. The van der Waals surface area contributed by atoms with Gasteiger partial charge in [0.05, 0.1) is 0 Å². The zero-order chi connectivity index (χ0) is 7.56. The first-order valence-corrected chi connectivity index (χ1v) is 3.26. The van der Waals surface area contributed by atoms with Gasteiger partial charge in [-0.2, -0.15) is 0 Å². The predicted octanol–water partition coefficient (Wildman–Crippen LogP) is 0.321. The molecule has 1 aliphatic rings. The number of nitrogens with zero attached hydrogens (tertiary/aromatic N) is 1. The lowest BCUT2D eigenvalue weighted by atomic mass is 10.4. The molecule has 0 unspecified atom stereocenters. The first kappa shape index (κ1) is 6.99. The van der Waals surface area contributed by atoms with E-state index < -0.39 is 0 Å².